The summed E-state index contributed by atoms with van der Waals surface area (Å²) in [6, 6.07) is -1.72. The molecule has 0 aromatic rings. The van der Waals surface area contributed by atoms with E-state index in [-0.39, 0.29) is 0 Å². The smallest absolute Gasteiger partial charge is 0.328 e. The second kappa shape index (κ2) is 5.35. The first-order valence-corrected chi connectivity index (χ1v) is 5.75. The van der Waals surface area contributed by atoms with Gasteiger partial charge in [-0.3, -0.25) is 0 Å². The molecule has 0 spiro atoms. The van der Waals surface area contributed by atoms with Gasteiger partial charge in [-0.25, -0.2) is 9.59 Å². The van der Waals surface area contributed by atoms with Crippen LogP contribution in [0.25, 0.3) is 0 Å². The Morgan fingerprint density at radius 1 is 1.53 bits per heavy atom. The molecule has 0 saturated heterocycles. The van der Waals surface area contributed by atoms with Gasteiger partial charge in [0.2, 0.25) is 0 Å². The van der Waals surface area contributed by atoms with Crippen LogP contribution >= 0.6 is 0 Å². The van der Waals surface area contributed by atoms with E-state index in [1.807, 2.05) is 0 Å². The molecule has 2 amide bonds. The molecule has 0 heterocycles. The van der Waals surface area contributed by atoms with E-state index in [0.717, 1.165) is 6.42 Å². The number of carboxylic acid groups (broad SMARTS) is 1. The van der Waals surface area contributed by atoms with Crippen LogP contribution in [0.4, 0.5) is 4.79 Å². The topological polar surface area (TPSA) is 89.9 Å². The maximum Gasteiger partial charge on any atom is 0.328 e. The van der Waals surface area contributed by atoms with E-state index in [2.05, 4.69) is 12.2 Å². The standard InChI is InChI=1S/C11H20N2O4/c1-6-4-8(6)5-13(3)11(17)12-9(7(2)14)10(15)16/h6-9,14H,4-5H2,1-3H3,(H,12,17)(H,15,16). The van der Waals surface area contributed by atoms with Gasteiger partial charge in [-0.1, -0.05) is 6.92 Å². The second-order valence-corrected chi connectivity index (χ2v) is 4.86. The van der Waals surface area contributed by atoms with Crippen molar-refractivity contribution in [2.24, 2.45) is 11.8 Å². The van der Waals surface area contributed by atoms with Crippen LogP contribution in [0.5, 0.6) is 0 Å². The number of aliphatic carboxylic acids is 1. The predicted octanol–water partition coefficient (Wildman–Crippen LogP) is 0.118. The molecule has 3 N–H and O–H groups in total. The summed E-state index contributed by atoms with van der Waals surface area (Å²) in [5.41, 5.74) is 0. The third kappa shape index (κ3) is 3.89. The van der Waals surface area contributed by atoms with Crippen LogP contribution in [-0.4, -0.2) is 52.9 Å². The first-order valence-electron chi connectivity index (χ1n) is 5.75. The Balaban J connectivity index is 2.43. The summed E-state index contributed by atoms with van der Waals surface area (Å²) >= 11 is 0. The first kappa shape index (κ1) is 13.8. The Morgan fingerprint density at radius 2 is 2.06 bits per heavy atom. The Hall–Kier alpha value is -1.30. The molecule has 0 aliphatic heterocycles. The van der Waals surface area contributed by atoms with Crippen molar-refractivity contribution in [1.82, 2.24) is 10.2 Å². The van der Waals surface area contributed by atoms with Crippen molar-refractivity contribution in [1.29, 1.82) is 0 Å². The van der Waals surface area contributed by atoms with Gasteiger partial charge in [0.1, 0.15) is 0 Å². The number of carboxylic acids is 1. The number of hydrogen-bond donors (Lipinski definition) is 3. The average Bonchev–Trinajstić information content (AvgIpc) is 2.89. The fourth-order valence-corrected chi connectivity index (χ4v) is 1.72. The van der Waals surface area contributed by atoms with Gasteiger partial charge in [0.15, 0.2) is 6.04 Å². The number of aliphatic hydroxyl groups is 1. The molecule has 1 aliphatic carbocycles. The molecule has 0 radical (unpaired) electrons. The lowest BCUT2D eigenvalue weighted by molar-refractivity contribution is -0.141. The summed E-state index contributed by atoms with van der Waals surface area (Å²) in [6.07, 6.45) is -0.0131. The Kier molecular flexibility index (Phi) is 4.34. The van der Waals surface area contributed by atoms with Gasteiger partial charge < -0.3 is 20.4 Å². The fourth-order valence-electron chi connectivity index (χ4n) is 1.72. The van der Waals surface area contributed by atoms with Crippen molar-refractivity contribution in [3.8, 4) is 0 Å². The highest BCUT2D eigenvalue weighted by Crippen LogP contribution is 2.37. The molecule has 0 bridgehead atoms. The zero-order valence-electron chi connectivity index (χ0n) is 10.4. The van der Waals surface area contributed by atoms with E-state index >= 15 is 0 Å². The number of amides is 2. The maximum atomic E-state index is 11.7. The molecular weight excluding hydrogens is 224 g/mol. The molecular formula is C11H20N2O4. The van der Waals surface area contributed by atoms with Crippen LogP contribution in [0.3, 0.4) is 0 Å². The molecule has 0 aromatic heterocycles. The third-order valence-electron chi connectivity index (χ3n) is 3.16. The molecule has 6 heteroatoms. The normalized spacial score (nSPS) is 25.9. The first-order chi connectivity index (χ1) is 7.82. The number of aliphatic hydroxyl groups excluding tert-OH is 1. The van der Waals surface area contributed by atoms with Crippen molar-refractivity contribution in [2.75, 3.05) is 13.6 Å². The van der Waals surface area contributed by atoms with Crippen LogP contribution in [0.15, 0.2) is 0 Å². The SMILES string of the molecule is CC(O)C(NC(=O)N(C)CC1CC1C)C(=O)O. The van der Waals surface area contributed by atoms with Crippen molar-refractivity contribution in [3.63, 3.8) is 0 Å². The van der Waals surface area contributed by atoms with Crippen molar-refractivity contribution in [3.05, 3.63) is 0 Å². The van der Waals surface area contributed by atoms with E-state index in [0.29, 0.717) is 18.4 Å². The molecule has 0 aromatic carbocycles. The number of hydrogen-bond acceptors (Lipinski definition) is 3. The molecule has 17 heavy (non-hydrogen) atoms. The molecule has 1 fully saturated rings. The summed E-state index contributed by atoms with van der Waals surface area (Å²) in [4.78, 5) is 23.9. The van der Waals surface area contributed by atoms with E-state index in [9.17, 15) is 14.7 Å². The van der Waals surface area contributed by atoms with Gasteiger partial charge in [-0.05, 0) is 25.2 Å². The molecule has 98 valence electrons. The van der Waals surface area contributed by atoms with Gasteiger partial charge in [0, 0.05) is 13.6 Å². The van der Waals surface area contributed by atoms with Crippen LogP contribution in [0.2, 0.25) is 0 Å². The van der Waals surface area contributed by atoms with E-state index in [1.54, 1.807) is 7.05 Å². The number of nitrogens with zero attached hydrogens (tertiary/aromatic N) is 1. The third-order valence-corrected chi connectivity index (χ3v) is 3.16. The molecule has 1 aliphatic rings. The number of urea groups is 1. The average molecular weight is 244 g/mol. The lowest BCUT2D eigenvalue weighted by Crippen LogP contribution is -2.51. The van der Waals surface area contributed by atoms with Crippen LogP contribution in [-0.2, 0) is 4.79 Å². The highest BCUT2D eigenvalue weighted by molar-refractivity contribution is 5.82. The number of nitrogens with one attached hydrogen (secondary N) is 1. The minimum absolute atomic E-state index is 0.461. The highest BCUT2D eigenvalue weighted by atomic mass is 16.4. The van der Waals surface area contributed by atoms with E-state index in [4.69, 9.17) is 5.11 Å². The van der Waals surface area contributed by atoms with E-state index in [1.165, 1.54) is 11.8 Å². The monoisotopic (exact) mass is 244 g/mol. The minimum atomic E-state index is -1.26. The van der Waals surface area contributed by atoms with Gasteiger partial charge >= 0.3 is 12.0 Å². The fraction of sp³-hybridized carbons (Fsp3) is 0.818. The maximum absolute atomic E-state index is 11.7. The van der Waals surface area contributed by atoms with Gasteiger partial charge in [0.05, 0.1) is 6.10 Å². The molecule has 1 saturated carbocycles. The molecule has 6 nitrogen and oxygen atoms in total. The molecule has 4 atom stereocenters. The zero-order chi connectivity index (χ0) is 13.2. The Bertz CT molecular complexity index is 306. The molecule has 1 rings (SSSR count). The molecule has 4 unspecified atom stereocenters. The van der Waals surface area contributed by atoms with Crippen molar-refractivity contribution < 1.29 is 19.8 Å². The second-order valence-electron chi connectivity index (χ2n) is 4.86. The lowest BCUT2D eigenvalue weighted by atomic mass is 10.2. The summed E-state index contributed by atoms with van der Waals surface area (Å²) in [5, 5.41) is 20.4. The van der Waals surface area contributed by atoms with Gasteiger partial charge in [-0.2, -0.15) is 0 Å². The lowest BCUT2D eigenvalue weighted by Gasteiger charge is -2.22. The summed E-state index contributed by atoms with van der Waals surface area (Å²) in [5.74, 6) is -0.0839. The number of carbonyl (C=O) groups excluding carboxylic acids is 1. The summed E-state index contributed by atoms with van der Waals surface area (Å²) in [7, 11) is 1.63. The number of rotatable bonds is 5. The summed E-state index contributed by atoms with van der Waals surface area (Å²) < 4.78 is 0. The largest absolute Gasteiger partial charge is 0.480 e. The van der Waals surface area contributed by atoms with Crippen LogP contribution in [0, 0.1) is 11.8 Å². The summed E-state index contributed by atoms with van der Waals surface area (Å²) in [6.45, 7) is 4.08. The van der Waals surface area contributed by atoms with E-state index < -0.39 is 24.1 Å². The van der Waals surface area contributed by atoms with Crippen LogP contribution < -0.4 is 5.32 Å². The quantitative estimate of drug-likeness (QED) is 0.640. The van der Waals surface area contributed by atoms with Crippen molar-refractivity contribution in [2.45, 2.75) is 32.4 Å². The van der Waals surface area contributed by atoms with Crippen molar-refractivity contribution >= 4 is 12.0 Å². The highest BCUT2D eigenvalue weighted by Gasteiger charge is 2.35. The minimum Gasteiger partial charge on any atom is -0.480 e. The van der Waals surface area contributed by atoms with Gasteiger partial charge in [-0.15, -0.1) is 0 Å². The Labute approximate surface area is 101 Å². The number of carbonyl (C=O) groups is 2. The van der Waals surface area contributed by atoms with Crippen LogP contribution in [0.1, 0.15) is 20.3 Å². The van der Waals surface area contributed by atoms with Gasteiger partial charge in [0.25, 0.3) is 0 Å². The Morgan fingerprint density at radius 3 is 2.41 bits per heavy atom. The zero-order valence-corrected chi connectivity index (χ0v) is 10.4. The predicted molar refractivity (Wildman–Crippen MR) is 61.5 cm³/mol.